The number of carbonyl (C=O) groups is 1. The lowest BCUT2D eigenvalue weighted by Crippen LogP contribution is -2.11. The maximum atomic E-state index is 9.89. The van der Waals surface area contributed by atoms with E-state index in [4.69, 9.17) is 5.11 Å². The van der Waals surface area contributed by atoms with E-state index in [1.807, 2.05) is 0 Å². The Morgan fingerprint density at radius 3 is 2.58 bits per heavy atom. The van der Waals surface area contributed by atoms with E-state index in [1.54, 1.807) is 6.92 Å². The fourth-order valence-corrected chi connectivity index (χ4v) is 1.06. The maximum Gasteiger partial charge on any atom is 0.293 e. The molecule has 0 heterocycles. The average molecular weight is 174 g/mol. The molecule has 12 heavy (non-hydrogen) atoms. The van der Waals surface area contributed by atoms with Crippen LogP contribution in [0.5, 0.6) is 0 Å². The highest BCUT2D eigenvalue weighted by atomic mass is 16.5. The Labute approximate surface area is 73.7 Å². The fourth-order valence-electron chi connectivity index (χ4n) is 1.06. The van der Waals surface area contributed by atoms with Crippen LogP contribution in [0, 0.1) is 5.92 Å². The number of hydrogen-bond donors (Lipinski definition) is 1. The van der Waals surface area contributed by atoms with Gasteiger partial charge in [-0.25, -0.2) is 0 Å². The molecule has 0 amide bonds. The SMILES string of the molecule is CCC(CCC(C)O)COC=O. The van der Waals surface area contributed by atoms with Gasteiger partial charge >= 0.3 is 0 Å². The van der Waals surface area contributed by atoms with Gasteiger partial charge in [-0.15, -0.1) is 0 Å². The quantitative estimate of drug-likeness (QED) is 0.592. The molecule has 0 aliphatic heterocycles. The van der Waals surface area contributed by atoms with E-state index in [0.29, 0.717) is 19.0 Å². The van der Waals surface area contributed by atoms with E-state index in [9.17, 15) is 4.79 Å². The number of hydrogen-bond acceptors (Lipinski definition) is 3. The standard InChI is InChI=1S/C9H18O3/c1-3-9(6-12-7-10)5-4-8(2)11/h7-9,11H,3-6H2,1-2H3. The summed E-state index contributed by atoms with van der Waals surface area (Å²) < 4.78 is 4.66. The highest BCUT2D eigenvalue weighted by Crippen LogP contribution is 2.12. The second-order valence-corrected chi connectivity index (χ2v) is 3.13. The van der Waals surface area contributed by atoms with E-state index < -0.39 is 0 Å². The largest absolute Gasteiger partial charge is 0.468 e. The van der Waals surface area contributed by atoms with Crippen molar-refractivity contribution in [3.05, 3.63) is 0 Å². The van der Waals surface area contributed by atoms with Gasteiger partial charge in [0.2, 0.25) is 0 Å². The summed E-state index contributed by atoms with van der Waals surface area (Å²) in [4.78, 5) is 9.89. The molecule has 0 aliphatic rings. The molecule has 0 radical (unpaired) electrons. The first kappa shape index (κ1) is 11.4. The van der Waals surface area contributed by atoms with Gasteiger partial charge in [-0.2, -0.15) is 0 Å². The second-order valence-electron chi connectivity index (χ2n) is 3.13. The molecule has 0 saturated heterocycles. The number of aliphatic hydroxyl groups is 1. The molecular weight excluding hydrogens is 156 g/mol. The number of rotatable bonds is 7. The molecule has 0 aromatic rings. The van der Waals surface area contributed by atoms with Gasteiger partial charge in [0.15, 0.2) is 0 Å². The molecule has 2 atom stereocenters. The molecular formula is C9H18O3. The molecule has 3 heteroatoms. The van der Waals surface area contributed by atoms with Gasteiger partial charge in [-0.1, -0.05) is 13.3 Å². The smallest absolute Gasteiger partial charge is 0.293 e. The van der Waals surface area contributed by atoms with E-state index in [1.165, 1.54) is 0 Å². The van der Waals surface area contributed by atoms with Crippen molar-refractivity contribution in [3.8, 4) is 0 Å². The van der Waals surface area contributed by atoms with Crippen LogP contribution in [0.4, 0.5) is 0 Å². The molecule has 72 valence electrons. The molecule has 0 aromatic heterocycles. The molecule has 0 saturated carbocycles. The summed E-state index contributed by atoms with van der Waals surface area (Å²) in [5.41, 5.74) is 0. The molecule has 0 fully saturated rings. The average Bonchev–Trinajstić information content (AvgIpc) is 2.05. The van der Waals surface area contributed by atoms with Gasteiger partial charge in [0.05, 0.1) is 12.7 Å². The van der Waals surface area contributed by atoms with Gasteiger partial charge in [-0.05, 0) is 25.7 Å². The highest BCUT2D eigenvalue weighted by molar-refractivity contribution is 5.36. The Bertz CT molecular complexity index is 112. The van der Waals surface area contributed by atoms with Gasteiger partial charge in [0.1, 0.15) is 0 Å². The van der Waals surface area contributed by atoms with Crippen molar-refractivity contribution in [2.45, 2.75) is 39.2 Å². The molecule has 0 aromatic carbocycles. The normalized spacial score (nSPS) is 15.2. The molecule has 3 nitrogen and oxygen atoms in total. The van der Waals surface area contributed by atoms with Crippen molar-refractivity contribution in [1.82, 2.24) is 0 Å². The van der Waals surface area contributed by atoms with Crippen molar-refractivity contribution >= 4 is 6.47 Å². The third-order valence-electron chi connectivity index (χ3n) is 1.97. The van der Waals surface area contributed by atoms with Crippen molar-refractivity contribution in [2.24, 2.45) is 5.92 Å². The van der Waals surface area contributed by atoms with Gasteiger partial charge < -0.3 is 9.84 Å². The zero-order chi connectivity index (χ0) is 9.40. The van der Waals surface area contributed by atoms with E-state index in [-0.39, 0.29) is 6.10 Å². The summed E-state index contributed by atoms with van der Waals surface area (Å²) in [6, 6.07) is 0. The summed E-state index contributed by atoms with van der Waals surface area (Å²) in [7, 11) is 0. The van der Waals surface area contributed by atoms with Crippen LogP contribution in [0.2, 0.25) is 0 Å². The lowest BCUT2D eigenvalue weighted by molar-refractivity contribution is -0.130. The lowest BCUT2D eigenvalue weighted by Gasteiger charge is -2.13. The minimum Gasteiger partial charge on any atom is -0.468 e. The van der Waals surface area contributed by atoms with E-state index >= 15 is 0 Å². The lowest BCUT2D eigenvalue weighted by atomic mass is 10.00. The Balaban J connectivity index is 3.45. The third-order valence-corrected chi connectivity index (χ3v) is 1.97. The van der Waals surface area contributed by atoms with Crippen molar-refractivity contribution in [2.75, 3.05) is 6.61 Å². The number of ether oxygens (including phenoxy) is 1. The molecule has 0 spiro atoms. The highest BCUT2D eigenvalue weighted by Gasteiger charge is 2.07. The molecule has 0 rings (SSSR count). The zero-order valence-electron chi connectivity index (χ0n) is 7.82. The molecule has 2 unspecified atom stereocenters. The Morgan fingerprint density at radius 1 is 1.50 bits per heavy atom. The second kappa shape index (κ2) is 7.10. The fraction of sp³-hybridized carbons (Fsp3) is 0.889. The topological polar surface area (TPSA) is 46.5 Å². The van der Waals surface area contributed by atoms with Crippen LogP contribution in [0.15, 0.2) is 0 Å². The minimum atomic E-state index is -0.254. The molecule has 0 bridgehead atoms. The summed E-state index contributed by atoms with van der Waals surface area (Å²) in [6.45, 7) is 4.78. The van der Waals surface area contributed by atoms with Crippen LogP contribution in [0.25, 0.3) is 0 Å². The van der Waals surface area contributed by atoms with Gasteiger partial charge in [0.25, 0.3) is 6.47 Å². The summed E-state index contributed by atoms with van der Waals surface area (Å²) in [5.74, 6) is 0.393. The first-order valence-corrected chi connectivity index (χ1v) is 4.44. The van der Waals surface area contributed by atoms with Crippen LogP contribution in [0.3, 0.4) is 0 Å². The Morgan fingerprint density at radius 2 is 2.17 bits per heavy atom. The first-order chi connectivity index (χ1) is 5.70. The summed E-state index contributed by atoms with van der Waals surface area (Å²) in [6.07, 6.45) is 2.43. The maximum absolute atomic E-state index is 9.89. The molecule has 1 N–H and O–H groups in total. The monoisotopic (exact) mass is 174 g/mol. The predicted molar refractivity (Wildman–Crippen MR) is 46.7 cm³/mol. The number of carbonyl (C=O) groups excluding carboxylic acids is 1. The third kappa shape index (κ3) is 6.16. The Hall–Kier alpha value is -0.570. The van der Waals surface area contributed by atoms with Gasteiger partial charge in [-0.3, -0.25) is 4.79 Å². The van der Waals surface area contributed by atoms with Crippen LogP contribution in [-0.2, 0) is 9.53 Å². The zero-order valence-corrected chi connectivity index (χ0v) is 7.82. The van der Waals surface area contributed by atoms with Crippen LogP contribution in [-0.4, -0.2) is 24.3 Å². The predicted octanol–water partition coefficient (Wildman–Crippen LogP) is 1.35. The summed E-state index contributed by atoms with van der Waals surface area (Å²) in [5, 5.41) is 9.01. The van der Waals surface area contributed by atoms with Crippen molar-refractivity contribution < 1.29 is 14.6 Å². The minimum absolute atomic E-state index is 0.254. The van der Waals surface area contributed by atoms with Crippen LogP contribution >= 0.6 is 0 Å². The number of aliphatic hydroxyl groups excluding tert-OH is 1. The Kier molecular flexibility index (Phi) is 6.76. The first-order valence-electron chi connectivity index (χ1n) is 4.44. The van der Waals surface area contributed by atoms with E-state index in [0.717, 1.165) is 19.3 Å². The van der Waals surface area contributed by atoms with Crippen molar-refractivity contribution in [3.63, 3.8) is 0 Å². The van der Waals surface area contributed by atoms with Crippen molar-refractivity contribution in [1.29, 1.82) is 0 Å². The molecule has 0 aliphatic carbocycles. The summed E-state index contributed by atoms with van der Waals surface area (Å²) >= 11 is 0. The van der Waals surface area contributed by atoms with Crippen LogP contribution in [0.1, 0.15) is 33.1 Å². The van der Waals surface area contributed by atoms with Gasteiger partial charge in [0, 0.05) is 0 Å². The van der Waals surface area contributed by atoms with E-state index in [2.05, 4.69) is 11.7 Å². The van der Waals surface area contributed by atoms with Crippen LogP contribution < -0.4 is 0 Å².